The fourth-order valence-electron chi connectivity index (χ4n) is 3.04. The maximum absolute atomic E-state index is 5.46. The van der Waals surface area contributed by atoms with E-state index in [9.17, 15) is 0 Å². The molecule has 2 heterocycles. The van der Waals surface area contributed by atoms with Gasteiger partial charge >= 0.3 is 0 Å². The first-order valence-electron chi connectivity index (χ1n) is 7.25. The number of fused-ring (bicyclic) bond motifs is 1. The highest BCUT2D eigenvalue weighted by molar-refractivity contribution is 9.10. The number of nitrogens with one attached hydrogen (secondary N) is 1. The first kappa shape index (κ1) is 14.2. The van der Waals surface area contributed by atoms with E-state index in [1.165, 1.54) is 24.8 Å². The third kappa shape index (κ3) is 2.80. The lowest BCUT2D eigenvalue weighted by atomic mass is 10.00. The number of benzene rings is 1. The van der Waals surface area contributed by atoms with Crippen LogP contribution in [0.3, 0.4) is 0 Å². The maximum atomic E-state index is 5.46. The van der Waals surface area contributed by atoms with E-state index in [0.29, 0.717) is 18.9 Å². The van der Waals surface area contributed by atoms with Crippen LogP contribution in [0, 0.1) is 0 Å². The van der Waals surface area contributed by atoms with Crippen molar-refractivity contribution in [2.75, 3.05) is 6.79 Å². The summed E-state index contributed by atoms with van der Waals surface area (Å²) >= 11 is 3.54. The van der Waals surface area contributed by atoms with Gasteiger partial charge in [0.1, 0.15) is 0 Å². The lowest BCUT2D eigenvalue weighted by molar-refractivity contribution is 0.0435. The molecule has 1 aromatic carbocycles. The quantitative estimate of drug-likeness (QED) is 0.913. The summed E-state index contributed by atoms with van der Waals surface area (Å²) in [5.74, 6) is 1.64. The largest absolute Gasteiger partial charge is 0.454 e. The van der Waals surface area contributed by atoms with Crippen molar-refractivity contribution >= 4 is 15.9 Å². The molecule has 0 aromatic heterocycles. The van der Waals surface area contributed by atoms with Gasteiger partial charge in [-0.3, -0.25) is 5.43 Å². The molecule has 0 radical (unpaired) electrons. The van der Waals surface area contributed by atoms with E-state index in [4.69, 9.17) is 9.47 Å². The molecule has 1 saturated heterocycles. The van der Waals surface area contributed by atoms with Crippen LogP contribution < -0.4 is 14.9 Å². The average Bonchev–Trinajstić information content (AvgIpc) is 2.87. The molecule has 5 heteroatoms. The number of piperidine rings is 1. The predicted molar refractivity (Wildman–Crippen MR) is 81.7 cm³/mol. The summed E-state index contributed by atoms with van der Waals surface area (Å²) in [6.07, 6.45) is 3.86. The van der Waals surface area contributed by atoms with Crippen molar-refractivity contribution in [1.82, 2.24) is 10.4 Å². The van der Waals surface area contributed by atoms with Crippen LogP contribution in [0.2, 0.25) is 0 Å². The van der Waals surface area contributed by atoms with Crippen LogP contribution in [-0.2, 0) is 6.54 Å². The Bertz CT molecular complexity index is 485. The Kier molecular flexibility index (Phi) is 4.19. The number of hydrogen-bond donors (Lipinski definition) is 1. The lowest BCUT2D eigenvalue weighted by Crippen LogP contribution is -2.51. The highest BCUT2D eigenvalue weighted by Crippen LogP contribution is 2.40. The number of rotatable bonds is 3. The van der Waals surface area contributed by atoms with Crippen LogP contribution in [0.1, 0.15) is 38.7 Å². The standard InChI is InChI=1S/C15H21BrN2O2/c1-10-4-3-5-11(2)18(10)17-8-12-6-13(16)15-14(7-12)19-9-20-15/h6-7,10-11,17H,3-5,8-9H2,1-2H3. The minimum atomic E-state index is 0.311. The van der Waals surface area contributed by atoms with Gasteiger partial charge in [0.05, 0.1) is 4.47 Å². The van der Waals surface area contributed by atoms with Gasteiger partial charge in [0, 0.05) is 18.6 Å². The molecule has 1 fully saturated rings. The van der Waals surface area contributed by atoms with Crippen molar-refractivity contribution in [1.29, 1.82) is 0 Å². The predicted octanol–water partition coefficient (Wildman–Crippen LogP) is 3.45. The fraction of sp³-hybridized carbons (Fsp3) is 0.600. The molecular weight excluding hydrogens is 320 g/mol. The molecule has 0 saturated carbocycles. The van der Waals surface area contributed by atoms with Crippen molar-refractivity contribution < 1.29 is 9.47 Å². The Hall–Kier alpha value is -0.780. The van der Waals surface area contributed by atoms with Gasteiger partial charge in [-0.25, -0.2) is 5.01 Å². The van der Waals surface area contributed by atoms with Crippen molar-refractivity contribution in [3.05, 3.63) is 22.2 Å². The average molecular weight is 341 g/mol. The van der Waals surface area contributed by atoms with Gasteiger partial charge in [-0.15, -0.1) is 0 Å². The van der Waals surface area contributed by atoms with Gasteiger partial charge in [-0.2, -0.15) is 0 Å². The van der Waals surface area contributed by atoms with Crippen LogP contribution in [0.4, 0.5) is 0 Å². The molecule has 3 rings (SSSR count). The van der Waals surface area contributed by atoms with Crippen molar-refractivity contribution in [2.45, 2.75) is 51.7 Å². The third-order valence-corrected chi connectivity index (χ3v) is 4.74. The summed E-state index contributed by atoms with van der Waals surface area (Å²) in [5, 5.41) is 2.39. The zero-order valence-electron chi connectivity index (χ0n) is 12.0. The molecule has 0 bridgehead atoms. The number of ether oxygens (including phenoxy) is 2. The molecule has 1 N–H and O–H groups in total. The van der Waals surface area contributed by atoms with E-state index >= 15 is 0 Å². The molecule has 0 amide bonds. The fourth-order valence-corrected chi connectivity index (χ4v) is 3.64. The zero-order chi connectivity index (χ0) is 14.1. The van der Waals surface area contributed by atoms with Crippen molar-refractivity contribution in [3.63, 3.8) is 0 Å². The van der Waals surface area contributed by atoms with Crippen LogP contribution in [0.5, 0.6) is 11.5 Å². The minimum Gasteiger partial charge on any atom is -0.454 e. The molecule has 2 aliphatic rings. The molecule has 20 heavy (non-hydrogen) atoms. The summed E-state index contributed by atoms with van der Waals surface area (Å²) in [6.45, 7) is 5.70. The second-order valence-corrected chi connectivity index (χ2v) is 6.54. The Morgan fingerprint density at radius 2 is 2.00 bits per heavy atom. The van der Waals surface area contributed by atoms with Gasteiger partial charge in [0.25, 0.3) is 0 Å². The second-order valence-electron chi connectivity index (χ2n) is 5.68. The van der Waals surface area contributed by atoms with Crippen LogP contribution >= 0.6 is 15.9 Å². The summed E-state index contributed by atoms with van der Waals surface area (Å²) in [5.41, 5.74) is 4.77. The smallest absolute Gasteiger partial charge is 0.231 e. The molecule has 1 aromatic rings. The van der Waals surface area contributed by atoms with E-state index in [1.807, 2.05) is 0 Å². The van der Waals surface area contributed by atoms with Gasteiger partial charge in [-0.1, -0.05) is 6.42 Å². The summed E-state index contributed by atoms with van der Waals surface area (Å²) in [4.78, 5) is 0. The molecular formula is C15H21BrN2O2. The van der Waals surface area contributed by atoms with E-state index < -0.39 is 0 Å². The van der Waals surface area contributed by atoms with Crippen LogP contribution in [0.25, 0.3) is 0 Å². The Balaban J connectivity index is 1.68. The molecule has 0 spiro atoms. The maximum Gasteiger partial charge on any atom is 0.231 e. The van der Waals surface area contributed by atoms with Gasteiger partial charge in [-0.05, 0) is 60.3 Å². The highest BCUT2D eigenvalue weighted by Gasteiger charge is 2.24. The number of hydrogen-bond acceptors (Lipinski definition) is 4. The van der Waals surface area contributed by atoms with Crippen LogP contribution in [0.15, 0.2) is 16.6 Å². The van der Waals surface area contributed by atoms with E-state index in [-0.39, 0.29) is 0 Å². The SMILES string of the molecule is CC1CCCC(C)N1NCc1cc(Br)c2c(c1)OCO2. The second kappa shape index (κ2) is 5.92. The normalized spacial score (nSPS) is 25.9. The Labute approximate surface area is 128 Å². The van der Waals surface area contributed by atoms with Gasteiger partial charge in [0.15, 0.2) is 11.5 Å². The van der Waals surface area contributed by atoms with Crippen molar-refractivity contribution in [3.8, 4) is 11.5 Å². The Morgan fingerprint density at radius 1 is 1.25 bits per heavy atom. The van der Waals surface area contributed by atoms with Gasteiger partial charge in [0.2, 0.25) is 6.79 Å². The number of hydrazine groups is 1. The molecule has 2 unspecified atom stereocenters. The minimum absolute atomic E-state index is 0.311. The zero-order valence-corrected chi connectivity index (χ0v) is 13.6. The van der Waals surface area contributed by atoms with Gasteiger partial charge < -0.3 is 9.47 Å². The molecule has 2 atom stereocenters. The first-order chi connectivity index (χ1) is 9.65. The Morgan fingerprint density at radius 3 is 2.75 bits per heavy atom. The lowest BCUT2D eigenvalue weighted by Gasteiger charge is -2.39. The van der Waals surface area contributed by atoms with Crippen LogP contribution in [-0.4, -0.2) is 23.9 Å². The molecule has 0 aliphatic carbocycles. The third-order valence-electron chi connectivity index (χ3n) is 4.15. The summed E-state index contributed by atoms with van der Waals surface area (Å²) < 4.78 is 11.8. The summed E-state index contributed by atoms with van der Waals surface area (Å²) in [7, 11) is 0. The number of nitrogens with zero attached hydrogens (tertiary/aromatic N) is 1. The topological polar surface area (TPSA) is 33.7 Å². The highest BCUT2D eigenvalue weighted by atomic mass is 79.9. The molecule has 2 aliphatic heterocycles. The van der Waals surface area contributed by atoms with E-state index in [1.54, 1.807) is 0 Å². The first-order valence-corrected chi connectivity index (χ1v) is 8.04. The van der Waals surface area contributed by atoms with E-state index in [0.717, 1.165) is 22.5 Å². The monoisotopic (exact) mass is 340 g/mol. The van der Waals surface area contributed by atoms with Crippen molar-refractivity contribution in [2.24, 2.45) is 0 Å². The number of halogens is 1. The van der Waals surface area contributed by atoms with E-state index in [2.05, 4.69) is 52.3 Å². The summed E-state index contributed by atoms with van der Waals surface area (Å²) in [6, 6.07) is 5.34. The molecule has 4 nitrogen and oxygen atoms in total. The molecule has 110 valence electrons.